The van der Waals surface area contributed by atoms with Crippen LogP contribution in [0.3, 0.4) is 0 Å². The Bertz CT molecular complexity index is 347. The molecule has 0 aromatic heterocycles. The third kappa shape index (κ3) is 2.58. The van der Waals surface area contributed by atoms with Crippen LogP contribution >= 0.6 is 0 Å². The summed E-state index contributed by atoms with van der Waals surface area (Å²) >= 11 is 0. The van der Waals surface area contributed by atoms with Crippen molar-refractivity contribution in [2.75, 3.05) is 0 Å². The van der Waals surface area contributed by atoms with E-state index in [2.05, 4.69) is 11.8 Å². The van der Waals surface area contributed by atoms with E-state index >= 15 is 0 Å². The fraction of sp³-hybridized carbons (Fsp3) is 0.786. The van der Waals surface area contributed by atoms with Crippen LogP contribution in [0.1, 0.15) is 52.9 Å². The molecule has 1 atom stereocenters. The monoisotopic (exact) mass is 220 g/mol. The van der Waals surface area contributed by atoms with Crippen LogP contribution < -0.4 is 0 Å². The topological polar surface area (TPSA) is 26.3 Å². The van der Waals surface area contributed by atoms with Gasteiger partial charge in [0.25, 0.3) is 0 Å². The third-order valence-electron chi connectivity index (χ3n) is 3.55. The molecule has 2 nitrogen and oxygen atoms in total. The molecule has 0 aliphatic heterocycles. The van der Waals surface area contributed by atoms with Gasteiger partial charge in [0.15, 0.2) is 0 Å². The van der Waals surface area contributed by atoms with Gasteiger partial charge in [0.05, 0.1) is 0 Å². The lowest BCUT2D eigenvalue weighted by molar-refractivity contribution is -0.147. The van der Waals surface area contributed by atoms with Crippen LogP contribution in [-0.2, 0) is 9.53 Å². The molecule has 0 amide bonds. The molecule has 16 heavy (non-hydrogen) atoms. The average molecular weight is 220 g/mol. The Morgan fingerprint density at radius 2 is 2.00 bits per heavy atom. The van der Waals surface area contributed by atoms with Crippen molar-refractivity contribution < 1.29 is 9.53 Å². The minimum absolute atomic E-state index is 0.379. The van der Waals surface area contributed by atoms with Crippen LogP contribution in [0.4, 0.5) is 0 Å². The molecule has 1 unspecified atom stereocenters. The summed E-state index contributed by atoms with van der Waals surface area (Å²) in [5.41, 5.74) is 0.0632. The molecule has 2 aliphatic rings. The highest BCUT2D eigenvalue weighted by molar-refractivity contribution is 5.88. The predicted molar refractivity (Wildman–Crippen MR) is 62.6 cm³/mol. The van der Waals surface area contributed by atoms with E-state index in [1.807, 2.05) is 20.8 Å². The second-order valence-corrected chi connectivity index (χ2v) is 6.08. The SMILES string of the molecule is CC(C)(C)OC(=O)C#CC1CCCC12CC2. The Morgan fingerprint density at radius 3 is 2.56 bits per heavy atom. The van der Waals surface area contributed by atoms with Gasteiger partial charge in [-0.1, -0.05) is 12.3 Å². The first-order valence-electron chi connectivity index (χ1n) is 6.16. The summed E-state index contributed by atoms with van der Waals surface area (Å²) in [7, 11) is 0. The van der Waals surface area contributed by atoms with Gasteiger partial charge < -0.3 is 4.74 Å². The van der Waals surface area contributed by atoms with Crippen molar-refractivity contribution in [2.24, 2.45) is 11.3 Å². The van der Waals surface area contributed by atoms with Crippen molar-refractivity contribution in [1.82, 2.24) is 0 Å². The van der Waals surface area contributed by atoms with Gasteiger partial charge in [-0.3, -0.25) is 0 Å². The lowest BCUT2D eigenvalue weighted by Crippen LogP contribution is -2.23. The number of ether oxygens (including phenoxy) is 1. The first kappa shape index (κ1) is 11.5. The standard InChI is InChI=1S/C14H20O2/c1-13(2,3)16-12(15)7-6-11-5-4-8-14(11)9-10-14/h11H,4-5,8-10H2,1-3H3. The fourth-order valence-electron chi connectivity index (χ4n) is 2.57. The number of carbonyl (C=O) groups is 1. The van der Waals surface area contributed by atoms with Gasteiger partial charge in [-0.2, -0.15) is 0 Å². The van der Waals surface area contributed by atoms with Gasteiger partial charge in [0, 0.05) is 11.8 Å². The van der Waals surface area contributed by atoms with Crippen molar-refractivity contribution in [3.8, 4) is 11.8 Å². The third-order valence-corrected chi connectivity index (χ3v) is 3.55. The zero-order valence-corrected chi connectivity index (χ0v) is 10.4. The summed E-state index contributed by atoms with van der Waals surface area (Å²) in [6, 6.07) is 0. The molecule has 0 aromatic carbocycles. The molecular weight excluding hydrogens is 200 g/mol. The maximum absolute atomic E-state index is 11.5. The zero-order chi connectivity index (χ0) is 11.8. The van der Waals surface area contributed by atoms with Crippen LogP contribution in [0.5, 0.6) is 0 Å². The molecule has 0 bridgehead atoms. The van der Waals surface area contributed by atoms with Gasteiger partial charge in [-0.05, 0) is 51.9 Å². The van der Waals surface area contributed by atoms with Crippen LogP contribution in [0.25, 0.3) is 0 Å². The minimum Gasteiger partial charge on any atom is -0.450 e. The molecule has 1 spiro atoms. The first-order chi connectivity index (χ1) is 7.41. The summed E-state index contributed by atoms with van der Waals surface area (Å²) in [5.74, 6) is 5.86. The zero-order valence-electron chi connectivity index (χ0n) is 10.4. The molecule has 0 aromatic rings. The average Bonchev–Trinajstić information content (AvgIpc) is 2.75. The van der Waals surface area contributed by atoms with E-state index in [0.29, 0.717) is 11.3 Å². The molecular formula is C14H20O2. The number of carbonyl (C=O) groups excluding carboxylic acids is 1. The fourth-order valence-corrected chi connectivity index (χ4v) is 2.57. The maximum atomic E-state index is 11.5. The van der Waals surface area contributed by atoms with Gasteiger partial charge in [0.2, 0.25) is 0 Å². The number of hydrogen-bond acceptors (Lipinski definition) is 2. The Morgan fingerprint density at radius 1 is 1.31 bits per heavy atom. The highest BCUT2D eigenvalue weighted by Gasteiger charge is 2.51. The van der Waals surface area contributed by atoms with Crippen molar-refractivity contribution in [1.29, 1.82) is 0 Å². The smallest absolute Gasteiger partial charge is 0.384 e. The quantitative estimate of drug-likeness (QED) is 0.356. The second kappa shape index (κ2) is 3.80. The van der Waals surface area contributed by atoms with E-state index in [-0.39, 0.29) is 5.97 Å². The normalized spacial score (nSPS) is 26.1. The molecule has 0 saturated heterocycles. The van der Waals surface area contributed by atoms with Crippen LogP contribution in [0.2, 0.25) is 0 Å². The van der Waals surface area contributed by atoms with E-state index in [4.69, 9.17) is 4.74 Å². The van der Waals surface area contributed by atoms with Gasteiger partial charge in [-0.25, -0.2) is 4.79 Å². The van der Waals surface area contributed by atoms with Gasteiger partial charge >= 0.3 is 5.97 Å². The molecule has 0 heterocycles. The molecule has 0 N–H and O–H groups in total. The van der Waals surface area contributed by atoms with Gasteiger partial charge in [-0.15, -0.1) is 0 Å². The highest BCUT2D eigenvalue weighted by atomic mass is 16.6. The molecule has 88 valence electrons. The van der Waals surface area contributed by atoms with Crippen molar-refractivity contribution in [3.05, 3.63) is 0 Å². The Hall–Kier alpha value is -0.970. The Kier molecular flexibility index (Phi) is 2.74. The largest absolute Gasteiger partial charge is 0.450 e. The van der Waals surface area contributed by atoms with Crippen LogP contribution in [-0.4, -0.2) is 11.6 Å². The molecule has 2 fully saturated rings. The molecule has 2 rings (SSSR count). The molecule has 2 heteroatoms. The maximum Gasteiger partial charge on any atom is 0.384 e. The summed E-state index contributed by atoms with van der Waals surface area (Å²) in [4.78, 5) is 11.5. The van der Waals surface area contributed by atoms with E-state index in [1.54, 1.807) is 0 Å². The van der Waals surface area contributed by atoms with E-state index in [1.165, 1.54) is 25.7 Å². The van der Waals surface area contributed by atoms with Gasteiger partial charge in [0.1, 0.15) is 5.60 Å². The number of rotatable bonds is 0. The predicted octanol–water partition coefficient (Wildman–Crippen LogP) is 2.91. The second-order valence-electron chi connectivity index (χ2n) is 6.08. The lowest BCUT2D eigenvalue weighted by Gasteiger charge is -2.17. The Labute approximate surface area is 97.7 Å². The number of esters is 1. The van der Waals surface area contributed by atoms with Crippen LogP contribution in [0.15, 0.2) is 0 Å². The van der Waals surface area contributed by atoms with Crippen molar-refractivity contribution in [3.63, 3.8) is 0 Å². The van der Waals surface area contributed by atoms with Crippen molar-refractivity contribution >= 4 is 5.97 Å². The highest BCUT2D eigenvalue weighted by Crippen LogP contribution is 2.60. The van der Waals surface area contributed by atoms with Crippen LogP contribution in [0, 0.1) is 23.2 Å². The number of hydrogen-bond donors (Lipinski definition) is 0. The van der Waals surface area contributed by atoms with E-state index in [9.17, 15) is 4.79 Å². The Balaban J connectivity index is 1.92. The molecule has 2 saturated carbocycles. The summed E-state index contributed by atoms with van der Waals surface area (Å²) in [6.07, 6.45) is 6.35. The molecule has 2 aliphatic carbocycles. The summed E-state index contributed by atoms with van der Waals surface area (Å²) in [6.45, 7) is 5.60. The first-order valence-corrected chi connectivity index (χ1v) is 6.16. The van der Waals surface area contributed by atoms with Crippen molar-refractivity contribution in [2.45, 2.75) is 58.5 Å². The molecule has 0 radical (unpaired) electrons. The summed E-state index contributed by atoms with van der Waals surface area (Å²) < 4.78 is 5.17. The minimum atomic E-state index is -0.432. The summed E-state index contributed by atoms with van der Waals surface area (Å²) in [5, 5.41) is 0. The lowest BCUT2D eigenvalue weighted by atomic mass is 9.93. The van der Waals surface area contributed by atoms with E-state index < -0.39 is 5.60 Å². The van der Waals surface area contributed by atoms with E-state index in [0.717, 1.165) is 6.42 Å².